The maximum absolute atomic E-state index is 12.4. The van der Waals surface area contributed by atoms with Gasteiger partial charge in [0, 0.05) is 15.7 Å². The predicted molar refractivity (Wildman–Crippen MR) is 100 cm³/mol. The van der Waals surface area contributed by atoms with Crippen molar-refractivity contribution in [3.8, 4) is 0 Å². The number of nitrogens with one attached hydrogen (secondary N) is 2. The zero-order chi connectivity index (χ0) is 17.0. The van der Waals surface area contributed by atoms with E-state index >= 15 is 0 Å². The van der Waals surface area contributed by atoms with Crippen LogP contribution in [0.25, 0.3) is 0 Å². The van der Waals surface area contributed by atoms with E-state index < -0.39 is 9.96 Å². The fourth-order valence-electron chi connectivity index (χ4n) is 1.95. The van der Waals surface area contributed by atoms with Gasteiger partial charge in [0.15, 0.2) is 0 Å². The molecule has 1 atom stereocenters. The number of halogens is 4. The zero-order valence-electron chi connectivity index (χ0n) is 12.1. The van der Waals surface area contributed by atoms with E-state index in [4.69, 9.17) is 34.8 Å². The highest BCUT2D eigenvalue weighted by molar-refractivity contribution is 9.10. The average molecular weight is 437 g/mol. The molecule has 1 amide bonds. The lowest BCUT2D eigenvalue weighted by molar-refractivity contribution is 0.0941. The summed E-state index contributed by atoms with van der Waals surface area (Å²) in [7, 11) is 0. The molecule has 2 N–H and O–H groups in total. The molecule has 7 heteroatoms. The molecule has 0 spiro atoms. The minimum atomic E-state index is -1.72. The second-order valence-electron chi connectivity index (χ2n) is 4.91. The second-order valence-corrected chi connectivity index (χ2v) is 8.20. The number of aryl methyl sites for hydroxylation is 1. The van der Waals surface area contributed by atoms with Gasteiger partial charge in [0.1, 0.15) is 6.17 Å². The van der Waals surface area contributed by atoms with Gasteiger partial charge in [-0.2, -0.15) is 0 Å². The lowest BCUT2D eigenvalue weighted by atomic mass is 10.1. The molecule has 0 fully saturated rings. The molecule has 0 heterocycles. The van der Waals surface area contributed by atoms with Crippen LogP contribution >= 0.6 is 50.7 Å². The topological polar surface area (TPSA) is 41.1 Å². The predicted octanol–water partition coefficient (Wildman–Crippen LogP) is 5.30. The lowest BCUT2D eigenvalue weighted by Gasteiger charge is -2.27. The van der Waals surface area contributed by atoms with E-state index in [-0.39, 0.29) is 5.91 Å². The zero-order valence-corrected chi connectivity index (χ0v) is 16.0. The Morgan fingerprint density at radius 3 is 2.26 bits per heavy atom. The first-order valence-corrected chi connectivity index (χ1v) is 8.65. The third-order valence-corrected chi connectivity index (χ3v) is 4.33. The molecule has 0 unspecified atom stereocenters. The molecule has 2 aromatic rings. The summed E-state index contributed by atoms with van der Waals surface area (Å²) < 4.78 is -0.789. The van der Waals surface area contributed by atoms with Gasteiger partial charge < -0.3 is 10.6 Å². The Labute approximate surface area is 158 Å². The molecule has 3 nitrogen and oxygen atoms in total. The molecule has 2 aromatic carbocycles. The number of hydrogen-bond acceptors (Lipinski definition) is 2. The maximum atomic E-state index is 12.4. The van der Waals surface area contributed by atoms with Crippen LogP contribution in [-0.2, 0) is 0 Å². The Bertz CT molecular complexity index is 686. The number of carbonyl (C=O) groups excluding carboxylic acids is 1. The SMILES string of the molecule is Cc1ccccc1C(=O)N[C@@H](Nc1ccc(Br)cc1)C(Cl)(Cl)Cl. The molecular weight excluding hydrogens is 422 g/mol. The summed E-state index contributed by atoms with van der Waals surface area (Å²) in [5.74, 6) is -0.316. The first-order valence-electron chi connectivity index (χ1n) is 6.72. The monoisotopic (exact) mass is 434 g/mol. The third-order valence-electron chi connectivity index (χ3n) is 3.15. The van der Waals surface area contributed by atoms with Crippen LogP contribution in [0, 0.1) is 6.92 Å². The number of carbonyl (C=O) groups is 1. The summed E-state index contributed by atoms with van der Waals surface area (Å²) in [6.07, 6.45) is -0.888. The van der Waals surface area contributed by atoms with Crippen LogP contribution in [0.4, 0.5) is 5.69 Å². The molecule has 0 aliphatic rings. The van der Waals surface area contributed by atoms with Gasteiger partial charge in [0.25, 0.3) is 5.91 Å². The van der Waals surface area contributed by atoms with Crippen molar-refractivity contribution in [3.63, 3.8) is 0 Å². The van der Waals surface area contributed by atoms with E-state index in [1.807, 2.05) is 43.3 Å². The Hall–Kier alpha value is -0.940. The molecule has 0 saturated carbocycles. The van der Waals surface area contributed by atoms with Gasteiger partial charge in [-0.05, 0) is 42.8 Å². The van der Waals surface area contributed by atoms with Crippen molar-refractivity contribution >= 4 is 62.3 Å². The second kappa shape index (κ2) is 7.75. The Morgan fingerprint density at radius 2 is 1.70 bits per heavy atom. The summed E-state index contributed by atoms with van der Waals surface area (Å²) in [6.45, 7) is 1.85. The van der Waals surface area contributed by atoms with Crippen molar-refractivity contribution in [2.45, 2.75) is 16.9 Å². The number of amides is 1. The van der Waals surface area contributed by atoms with Gasteiger partial charge in [-0.1, -0.05) is 68.9 Å². The first-order chi connectivity index (χ1) is 10.8. The molecular formula is C16H14BrCl3N2O. The van der Waals surface area contributed by atoms with E-state index in [0.29, 0.717) is 5.56 Å². The van der Waals surface area contributed by atoms with Crippen molar-refractivity contribution in [1.29, 1.82) is 0 Å². The highest BCUT2D eigenvalue weighted by Crippen LogP contribution is 2.31. The summed E-state index contributed by atoms with van der Waals surface area (Å²) in [6, 6.07) is 14.5. The summed E-state index contributed by atoms with van der Waals surface area (Å²) in [5, 5.41) is 5.74. The number of anilines is 1. The van der Waals surface area contributed by atoms with E-state index in [0.717, 1.165) is 15.7 Å². The van der Waals surface area contributed by atoms with Gasteiger partial charge >= 0.3 is 0 Å². The molecule has 122 valence electrons. The highest BCUT2D eigenvalue weighted by atomic mass is 79.9. The van der Waals surface area contributed by atoms with Crippen LogP contribution < -0.4 is 10.6 Å². The van der Waals surface area contributed by atoms with E-state index in [1.54, 1.807) is 12.1 Å². The molecule has 0 aromatic heterocycles. The third kappa shape index (κ3) is 5.28. The van der Waals surface area contributed by atoms with Crippen molar-refractivity contribution < 1.29 is 4.79 Å². The normalized spacial score (nSPS) is 12.6. The average Bonchev–Trinajstić information content (AvgIpc) is 2.48. The summed E-state index contributed by atoms with van der Waals surface area (Å²) >= 11 is 21.3. The van der Waals surface area contributed by atoms with Gasteiger partial charge in [-0.15, -0.1) is 0 Å². The standard InChI is InChI=1S/C16H14BrCl3N2O/c1-10-4-2-3-5-13(10)14(23)22-15(16(18,19)20)21-12-8-6-11(17)7-9-12/h2-9,15,21H,1H3,(H,22,23)/t15-/m1/s1. The molecule has 0 saturated heterocycles. The Morgan fingerprint density at radius 1 is 1.09 bits per heavy atom. The van der Waals surface area contributed by atoms with E-state index in [1.165, 1.54) is 0 Å². The van der Waals surface area contributed by atoms with E-state index in [9.17, 15) is 4.79 Å². The van der Waals surface area contributed by atoms with Crippen molar-refractivity contribution in [2.24, 2.45) is 0 Å². The number of rotatable bonds is 4. The quantitative estimate of drug-likeness (QED) is 0.505. The minimum absolute atomic E-state index is 0.316. The lowest BCUT2D eigenvalue weighted by Crippen LogP contribution is -2.49. The number of benzene rings is 2. The highest BCUT2D eigenvalue weighted by Gasteiger charge is 2.34. The summed E-state index contributed by atoms with van der Waals surface area (Å²) in [5.41, 5.74) is 2.09. The Kier molecular flexibility index (Phi) is 6.20. The molecule has 0 bridgehead atoms. The van der Waals surface area contributed by atoms with Crippen molar-refractivity contribution in [2.75, 3.05) is 5.32 Å². The van der Waals surface area contributed by atoms with Crippen molar-refractivity contribution in [1.82, 2.24) is 5.32 Å². The van der Waals surface area contributed by atoms with Crippen LogP contribution in [0.1, 0.15) is 15.9 Å². The smallest absolute Gasteiger partial charge is 0.253 e. The number of alkyl halides is 3. The van der Waals surface area contributed by atoms with E-state index in [2.05, 4.69) is 26.6 Å². The molecule has 0 aliphatic carbocycles. The van der Waals surface area contributed by atoms with Gasteiger partial charge in [-0.25, -0.2) is 0 Å². The van der Waals surface area contributed by atoms with Crippen LogP contribution in [0.3, 0.4) is 0 Å². The molecule has 0 aliphatic heterocycles. The molecule has 0 radical (unpaired) electrons. The maximum Gasteiger partial charge on any atom is 0.253 e. The minimum Gasteiger partial charge on any atom is -0.362 e. The van der Waals surface area contributed by atoms with Crippen molar-refractivity contribution in [3.05, 3.63) is 64.1 Å². The largest absolute Gasteiger partial charge is 0.362 e. The van der Waals surface area contributed by atoms with Crippen LogP contribution in [0.15, 0.2) is 53.0 Å². The fraction of sp³-hybridized carbons (Fsp3) is 0.188. The Balaban J connectivity index is 2.18. The molecule has 2 rings (SSSR count). The summed E-state index contributed by atoms with van der Waals surface area (Å²) in [4.78, 5) is 12.4. The van der Waals surface area contributed by atoms with Crippen LogP contribution in [0.5, 0.6) is 0 Å². The van der Waals surface area contributed by atoms with Gasteiger partial charge in [0.05, 0.1) is 0 Å². The van der Waals surface area contributed by atoms with Gasteiger partial charge in [-0.3, -0.25) is 4.79 Å². The van der Waals surface area contributed by atoms with Crippen LogP contribution in [-0.4, -0.2) is 15.9 Å². The van der Waals surface area contributed by atoms with Gasteiger partial charge in [0.2, 0.25) is 3.79 Å². The van der Waals surface area contributed by atoms with Crippen LogP contribution in [0.2, 0.25) is 0 Å². The number of hydrogen-bond donors (Lipinski definition) is 2. The fourth-order valence-corrected chi connectivity index (χ4v) is 2.54. The molecule has 23 heavy (non-hydrogen) atoms. The first kappa shape index (κ1) is 18.4.